The molecule has 0 spiro atoms. The summed E-state index contributed by atoms with van der Waals surface area (Å²) in [6.07, 6.45) is 4.92. The minimum absolute atomic E-state index is 0.251. The van der Waals surface area contributed by atoms with Crippen molar-refractivity contribution in [2.24, 2.45) is 11.7 Å². The van der Waals surface area contributed by atoms with Crippen molar-refractivity contribution in [2.45, 2.75) is 18.9 Å². The minimum Gasteiger partial charge on any atom is -0.382 e. The van der Waals surface area contributed by atoms with Gasteiger partial charge in [0, 0.05) is 6.04 Å². The van der Waals surface area contributed by atoms with Gasteiger partial charge in [-0.1, -0.05) is 42.5 Å². The highest BCUT2D eigenvalue weighted by Gasteiger charge is 2.30. The van der Waals surface area contributed by atoms with E-state index in [4.69, 9.17) is 11.5 Å². The number of nitrogen functional groups attached to an aromatic ring is 1. The lowest BCUT2D eigenvalue weighted by Crippen LogP contribution is -2.46. The van der Waals surface area contributed by atoms with Crippen LogP contribution in [0.15, 0.2) is 42.5 Å². The first kappa shape index (κ1) is 15.8. The maximum atomic E-state index is 12.7. The third kappa shape index (κ3) is 3.01. The van der Waals surface area contributed by atoms with Gasteiger partial charge in [0.1, 0.15) is 5.69 Å². The number of nitrogens with two attached hydrogens (primary N) is 2. The predicted molar refractivity (Wildman–Crippen MR) is 90.7 cm³/mol. The maximum absolute atomic E-state index is 12.7. The Balaban J connectivity index is 1.86. The van der Waals surface area contributed by atoms with Gasteiger partial charge in [-0.25, -0.2) is 0 Å². The molecule has 7 heteroatoms. The summed E-state index contributed by atoms with van der Waals surface area (Å²) in [7, 11) is 0. The molecule has 24 heavy (non-hydrogen) atoms. The highest BCUT2D eigenvalue weighted by Crippen LogP contribution is 2.28. The molecule has 0 aliphatic heterocycles. The fourth-order valence-corrected chi connectivity index (χ4v) is 2.95. The molecule has 0 fully saturated rings. The van der Waals surface area contributed by atoms with Gasteiger partial charge in [-0.3, -0.25) is 14.7 Å². The van der Waals surface area contributed by atoms with Gasteiger partial charge in [-0.15, -0.1) is 0 Å². The minimum atomic E-state index is -0.419. The number of primary amides is 1. The second-order valence-electron chi connectivity index (χ2n) is 5.76. The van der Waals surface area contributed by atoms with Crippen LogP contribution in [-0.4, -0.2) is 28.1 Å². The average molecular weight is 325 g/mol. The Morgan fingerprint density at radius 1 is 1.17 bits per heavy atom. The number of rotatable bonds is 4. The first-order valence-corrected chi connectivity index (χ1v) is 7.72. The number of amides is 2. The predicted octanol–water partition coefficient (Wildman–Crippen LogP) is 1.21. The summed E-state index contributed by atoms with van der Waals surface area (Å²) >= 11 is 0. The number of anilines is 1. The molecule has 0 unspecified atom stereocenters. The van der Waals surface area contributed by atoms with E-state index in [1.54, 1.807) is 0 Å². The summed E-state index contributed by atoms with van der Waals surface area (Å²) in [5.41, 5.74) is 13.0. The van der Waals surface area contributed by atoms with Crippen LogP contribution in [0.1, 0.15) is 23.3 Å². The number of carbonyl (C=O) groups excluding carboxylic acids is 2. The molecule has 124 valence electrons. The molecular formula is C17H19N5O2. The van der Waals surface area contributed by atoms with Gasteiger partial charge in [-0.05, 0) is 18.4 Å². The zero-order valence-electron chi connectivity index (χ0n) is 13.0. The van der Waals surface area contributed by atoms with E-state index in [1.165, 1.54) is 0 Å². The molecule has 2 aromatic rings. The zero-order valence-corrected chi connectivity index (χ0v) is 13.0. The first-order chi connectivity index (χ1) is 11.6. The topological polar surface area (TPSA) is 127 Å². The van der Waals surface area contributed by atoms with Crippen LogP contribution in [0.2, 0.25) is 0 Å². The number of aromatic nitrogens is 2. The molecule has 2 amide bonds. The number of carbonyl (C=O) groups is 2. The van der Waals surface area contributed by atoms with Crippen molar-refractivity contribution in [3.63, 3.8) is 0 Å². The second kappa shape index (κ2) is 6.57. The smallest absolute Gasteiger partial charge is 0.270 e. The lowest BCUT2D eigenvalue weighted by Gasteiger charge is -2.26. The Morgan fingerprint density at radius 3 is 2.58 bits per heavy atom. The number of H-pyrrole nitrogens is 1. The van der Waals surface area contributed by atoms with Crippen molar-refractivity contribution in [3.05, 3.63) is 48.2 Å². The summed E-state index contributed by atoms with van der Waals surface area (Å²) in [6, 6.07) is 8.97. The summed E-state index contributed by atoms with van der Waals surface area (Å²) in [6.45, 7) is 0. The molecule has 1 aromatic heterocycles. The molecule has 0 saturated carbocycles. The largest absolute Gasteiger partial charge is 0.382 e. The van der Waals surface area contributed by atoms with Crippen LogP contribution in [0.4, 0.5) is 5.82 Å². The van der Waals surface area contributed by atoms with E-state index in [0.29, 0.717) is 18.4 Å². The molecule has 1 aliphatic rings. The number of nitrogens with one attached hydrogen (secondary N) is 2. The van der Waals surface area contributed by atoms with E-state index in [9.17, 15) is 9.59 Å². The van der Waals surface area contributed by atoms with Gasteiger partial charge in [0.05, 0.1) is 11.5 Å². The molecular weight excluding hydrogens is 306 g/mol. The molecule has 1 aliphatic carbocycles. The van der Waals surface area contributed by atoms with E-state index in [1.807, 2.05) is 42.5 Å². The second-order valence-corrected chi connectivity index (χ2v) is 5.76. The van der Waals surface area contributed by atoms with Crippen molar-refractivity contribution in [1.29, 1.82) is 0 Å². The van der Waals surface area contributed by atoms with Crippen LogP contribution in [0.5, 0.6) is 0 Å². The first-order valence-electron chi connectivity index (χ1n) is 7.72. The van der Waals surface area contributed by atoms with Gasteiger partial charge < -0.3 is 16.8 Å². The quantitative estimate of drug-likeness (QED) is 0.630. The standard InChI is InChI=1S/C17H19N5O2/c18-15-13(10-6-2-1-3-7-10)14(21-22-15)17(24)20-12-9-5-4-8-11(12)16(19)23/h1-7,11-12H,8-9H2,(H2,19,23)(H,20,24)(H3,18,21,22)/t11-,12-/m1/s1. The van der Waals surface area contributed by atoms with Crippen LogP contribution in [-0.2, 0) is 4.79 Å². The fraction of sp³-hybridized carbons (Fsp3) is 0.235. The van der Waals surface area contributed by atoms with Crippen LogP contribution in [0.3, 0.4) is 0 Å². The molecule has 0 radical (unpaired) electrons. The van der Waals surface area contributed by atoms with Crippen LogP contribution in [0, 0.1) is 5.92 Å². The SMILES string of the molecule is NC(=O)[C@@H]1CC=CC[C@H]1NC(=O)c1[nH]nc(N)c1-c1ccccc1. The fourth-order valence-electron chi connectivity index (χ4n) is 2.95. The number of hydrogen-bond acceptors (Lipinski definition) is 4. The van der Waals surface area contributed by atoms with Crippen molar-refractivity contribution in [3.8, 4) is 11.1 Å². The summed E-state index contributed by atoms with van der Waals surface area (Å²) in [5.74, 6) is -0.942. The van der Waals surface area contributed by atoms with Gasteiger partial charge in [0.2, 0.25) is 5.91 Å². The summed E-state index contributed by atoms with van der Waals surface area (Å²) < 4.78 is 0. The van der Waals surface area contributed by atoms with Gasteiger partial charge in [0.25, 0.3) is 5.91 Å². The van der Waals surface area contributed by atoms with Crippen LogP contribution >= 0.6 is 0 Å². The van der Waals surface area contributed by atoms with E-state index in [-0.39, 0.29) is 23.5 Å². The Bertz CT molecular complexity index is 782. The number of benzene rings is 1. The van der Waals surface area contributed by atoms with Crippen molar-refractivity contribution >= 4 is 17.6 Å². The summed E-state index contributed by atoms with van der Waals surface area (Å²) in [4.78, 5) is 24.2. The molecule has 0 bridgehead atoms. The van der Waals surface area contributed by atoms with Gasteiger partial charge in [-0.2, -0.15) is 5.10 Å². The third-order valence-electron chi connectivity index (χ3n) is 4.20. The highest BCUT2D eigenvalue weighted by molar-refractivity contribution is 6.02. The van der Waals surface area contributed by atoms with Crippen molar-refractivity contribution in [2.75, 3.05) is 5.73 Å². The molecule has 0 saturated heterocycles. The van der Waals surface area contributed by atoms with E-state index in [0.717, 1.165) is 5.56 Å². The normalized spacial score (nSPS) is 19.8. The molecule has 7 nitrogen and oxygen atoms in total. The Kier molecular flexibility index (Phi) is 4.33. The monoisotopic (exact) mass is 325 g/mol. The van der Waals surface area contributed by atoms with E-state index >= 15 is 0 Å². The van der Waals surface area contributed by atoms with Crippen LogP contribution in [0.25, 0.3) is 11.1 Å². The van der Waals surface area contributed by atoms with Gasteiger partial charge in [0.15, 0.2) is 5.82 Å². The lowest BCUT2D eigenvalue weighted by molar-refractivity contribution is -0.122. The molecule has 6 N–H and O–H groups in total. The Hall–Kier alpha value is -3.09. The Labute approximate surface area is 139 Å². The number of nitrogens with zero attached hydrogens (tertiary/aromatic N) is 1. The van der Waals surface area contributed by atoms with Gasteiger partial charge >= 0.3 is 0 Å². The lowest BCUT2D eigenvalue weighted by atomic mass is 9.88. The third-order valence-corrected chi connectivity index (χ3v) is 4.20. The summed E-state index contributed by atoms with van der Waals surface area (Å²) in [5, 5.41) is 9.50. The van der Waals surface area contributed by atoms with Crippen molar-refractivity contribution < 1.29 is 9.59 Å². The van der Waals surface area contributed by atoms with E-state index < -0.39 is 11.8 Å². The zero-order chi connectivity index (χ0) is 17.1. The Morgan fingerprint density at radius 2 is 1.88 bits per heavy atom. The molecule has 2 atom stereocenters. The van der Waals surface area contributed by atoms with E-state index in [2.05, 4.69) is 15.5 Å². The number of aromatic amines is 1. The highest BCUT2D eigenvalue weighted by atomic mass is 16.2. The maximum Gasteiger partial charge on any atom is 0.270 e. The average Bonchev–Trinajstić information content (AvgIpc) is 2.97. The number of allylic oxidation sites excluding steroid dienone is 1. The van der Waals surface area contributed by atoms with Crippen molar-refractivity contribution in [1.82, 2.24) is 15.5 Å². The molecule has 3 rings (SSSR count). The molecule has 1 aromatic carbocycles. The van der Waals surface area contributed by atoms with Crippen LogP contribution < -0.4 is 16.8 Å². The number of hydrogen-bond donors (Lipinski definition) is 4. The molecule has 1 heterocycles.